The monoisotopic (exact) mass is 276 g/mol. The lowest BCUT2D eigenvalue weighted by molar-refractivity contribution is -0.148. The number of carbonyl (C=O) groups is 1. The van der Waals surface area contributed by atoms with Gasteiger partial charge in [-0.3, -0.25) is 0 Å². The molecule has 0 fully saturated rings. The molecule has 0 saturated carbocycles. The number of aliphatic hydroxyl groups excluding tert-OH is 1. The Labute approximate surface area is 117 Å². The van der Waals surface area contributed by atoms with Crippen LogP contribution in [0.15, 0.2) is 0 Å². The van der Waals surface area contributed by atoms with Crippen LogP contribution in [0.25, 0.3) is 0 Å². The average Bonchev–Trinajstić information content (AvgIpc) is 2.35. The molecule has 0 rings (SSSR count). The van der Waals surface area contributed by atoms with Crippen molar-refractivity contribution in [1.82, 2.24) is 0 Å². The van der Waals surface area contributed by atoms with Crippen molar-refractivity contribution in [2.24, 2.45) is 0 Å². The largest absolute Gasteiger partial charge is 0.463 e. The Kier molecular flexibility index (Phi) is 13.1. The van der Waals surface area contributed by atoms with Gasteiger partial charge in [-0.2, -0.15) is 0 Å². The van der Waals surface area contributed by atoms with Gasteiger partial charge in [-0.1, -0.05) is 64.7 Å². The van der Waals surface area contributed by atoms with Crippen molar-refractivity contribution in [2.75, 3.05) is 6.61 Å². The summed E-state index contributed by atoms with van der Waals surface area (Å²) in [5.41, 5.74) is -1.30. The van der Waals surface area contributed by atoms with Crippen molar-refractivity contribution in [3.05, 3.63) is 0 Å². The number of rotatable bonds is 12. The van der Waals surface area contributed by atoms with Gasteiger partial charge in [0.05, 0.1) is 6.61 Å². The Balaban J connectivity index is 3.05. The number of unbranched alkanes of at least 4 members (excludes halogenated alkanes) is 9. The molecule has 0 aliphatic heterocycles. The number of aliphatic hydroxyl groups is 1. The molecule has 1 N–H and O–H groups in total. The second kappa shape index (κ2) is 13.2. The minimum absolute atomic E-state index is 0.396. The molecule has 0 aromatic carbocycles. The number of carbonyl (C=O) groups excluding carboxylic acids is 1. The quantitative estimate of drug-likeness (QED) is 0.247. The Hall–Kier alpha value is -0.220. The van der Waals surface area contributed by atoms with E-state index in [4.69, 9.17) is 9.84 Å². The van der Waals surface area contributed by atoms with E-state index >= 15 is 0 Å². The molecule has 0 amide bonds. The maximum Gasteiger partial charge on any atom is 0.345 e. The lowest BCUT2D eigenvalue weighted by atomic mass is 10.1. The predicted molar refractivity (Wildman–Crippen MR) is 77.8 cm³/mol. The summed E-state index contributed by atoms with van der Waals surface area (Å²) in [6.07, 6.45) is 12.5. The van der Waals surface area contributed by atoms with Crippen LogP contribution in [-0.2, 0) is 9.53 Å². The highest BCUT2D eigenvalue weighted by atomic mass is 32.1. The maximum atomic E-state index is 10.9. The van der Waals surface area contributed by atoms with Crippen molar-refractivity contribution in [1.29, 1.82) is 0 Å². The average molecular weight is 276 g/mol. The van der Waals surface area contributed by atoms with Gasteiger partial charge in [-0.15, -0.1) is 12.6 Å². The molecular weight excluding hydrogens is 248 g/mol. The zero-order valence-corrected chi connectivity index (χ0v) is 12.5. The zero-order chi connectivity index (χ0) is 13.6. The summed E-state index contributed by atoms with van der Waals surface area (Å²) in [7, 11) is 0. The van der Waals surface area contributed by atoms with Crippen LogP contribution in [0.4, 0.5) is 0 Å². The Bertz CT molecular complexity index is 195. The van der Waals surface area contributed by atoms with E-state index in [-0.39, 0.29) is 0 Å². The van der Waals surface area contributed by atoms with Gasteiger partial charge >= 0.3 is 5.97 Å². The van der Waals surface area contributed by atoms with Crippen molar-refractivity contribution in [3.63, 3.8) is 0 Å². The summed E-state index contributed by atoms with van der Waals surface area (Å²) in [6, 6.07) is 0. The Morgan fingerprint density at radius 1 is 1.00 bits per heavy atom. The van der Waals surface area contributed by atoms with Gasteiger partial charge in [-0.05, 0) is 6.42 Å². The summed E-state index contributed by atoms with van der Waals surface area (Å²) in [5, 5.41) is 8.77. The van der Waals surface area contributed by atoms with E-state index in [9.17, 15) is 4.79 Å². The Morgan fingerprint density at radius 3 is 1.89 bits per heavy atom. The van der Waals surface area contributed by atoms with Gasteiger partial charge in [-0.25, -0.2) is 4.79 Å². The van der Waals surface area contributed by atoms with E-state index in [1.165, 1.54) is 51.4 Å². The molecule has 0 radical (unpaired) electrons. The summed E-state index contributed by atoms with van der Waals surface area (Å²) in [4.78, 5) is 10.9. The molecular formula is C14H28O3S. The lowest BCUT2D eigenvalue weighted by Gasteiger charge is -2.05. The third-order valence-electron chi connectivity index (χ3n) is 2.95. The fourth-order valence-electron chi connectivity index (χ4n) is 1.84. The van der Waals surface area contributed by atoms with Gasteiger partial charge in [0, 0.05) is 0 Å². The van der Waals surface area contributed by atoms with E-state index in [2.05, 4.69) is 19.6 Å². The highest BCUT2D eigenvalue weighted by Crippen LogP contribution is 2.10. The SMILES string of the molecule is CCCCCCCCCCCCOC(=O)C(O)S. The maximum absolute atomic E-state index is 10.9. The molecule has 0 spiro atoms. The molecule has 3 nitrogen and oxygen atoms in total. The zero-order valence-electron chi connectivity index (χ0n) is 11.6. The molecule has 0 aliphatic carbocycles. The molecule has 4 heteroatoms. The van der Waals surface area contributed by atoms with E-state index in [0.717, 1.165) is 12.8 Å². The molecule has 0 aromatic rings. The van der Waals surface area contributed by atoms with Crippen LogP contribution in [0.3, 0.4) is 0 Å². The van der Waals surface area contributed by atoms with Gasteiger partial charge in [0.1, 0.15) is 0 Å². The number of hydrogen-bond acceptors (Lipinski definition) is 4. The van der Waals surface area contributed by atoms with Crippen LogP contribution in [-0.4, -0.2) is 23.1 Å². The second-order valence-corrected chi connectivity index (χ2v) is 5.21. The number of esters is 1. The molecule has 0 bridgehead atoms. The van der Waals surface area contributed by atoms with Crippen LogP contribution in [0.5, 0.6) is 0 Å². The van der Waals surface area contributed by atoms with Crippen molar-refractivity contribution < 1.29 is 14.6 Å². The Morgan fingerprint density at radius 2 is 1.44 bits per heavy atom. The number of ether oxygens (including phenoxy) is 1. The first-order valence-corrected chi connectivity index (χ1v) is 7.73. The summed E-state index contributed by atoms with van der Waals surface area (Å²) in [6.45, 7) is 2.63. The smallest absolute Gasteiger partial charge is 0.345 e. The van der Waals surface area contributed by atoms with Crippen molar-refractivity contribution in [2.45, 2.75) is 76.6 Å². The fraction of sp³-hybridized carbons (Fsp3) is 0.929. The normalized spacial score (nSPS) is 12.4. The molecule has 1 atom stereocenters. The van der Waals surface area contributed by atoms with Gasteiger partial charge in [0.25, 0.3) is 0 Å². The molecule has 0 aromatic heterocycles. The first-order valence-electron chi connectivity index (χ1n) is 7.21. The van der Waals surface area contributed by atoms with E-state index in [1.54, 1.807) is 0 Å². The fourth-order valence-corrected chi connectivity index (χ4v) is 1.91. The van der Waals surface area contributed by atoms with E-state index in [1.807, 2.05) is 0 Å². The minimum Gasteiger partial charge on any atom is -0.463 e. The first-order chi connectivity index (χ1) is 8.68. The molecule has 1 unspecified atom stereocenters. The highest BCUT2D eigenvalue weighted by molar-refractivity contribution is 7.81. The summed E-state index contributed by atoms with van der Waals surface area (Å²) < 4.78 is 4.81. The first kappa shape index (κ1) is 17.8. The van der Waals surface area contributed by atoms with E-state index < -0.39 is 11.4 Å². The van der Waals surface area contributed by atoms with Gasteiger partial charge in [0.2, 0.25) is 0 Å². The number of hydrogen-bond donors (Lipinski definition) is 2. The topological polar surface area (TPSA) is 46.5 Å². The van der Waals surface area contributed by atoms with Crippen molar-refractivity contribution >= 4 is 18.6 Å². The molecule has 0 aliphatic rings. The second-order valence-electron chi connectivity index (χ2n) is 4.72. The third kappa shape index (κ3) is 12.2. The summed E-state index contributed by atoms with van der Waals surface area (Å²) >= 11 is 3.58. The lowest BCUT2D eigenvalue weighted by Crippen LogP contribution is -2.17. The van der Waals surface area contributed by atoms with Crippen LogP contribution in [0.1, 0.15) is 71.1 Å². The minimum atomic E-state index is -1.30. The van der Waals surface area contributed by atoms with Gasteiger partial charge in [0.15, 0.2) is 5.44 Å². The van der Waals surface area contributed by atoms with Crippen LogP contribution in [0, 0.1) is 0 Å². The summed E-state index contributed by atoms with van der Waals surface area (Å²) in [5.74, 6) is -0.644. The number of thiol groups is 1. The van der Waals surface area contributed by atoms with Crippen molar-refractivity contribution in [3.8, 4) is 0 Å². The third-order valence-corrected chi connectivity index (χ3v) is 3.16. The predicted octanol–water partition coefficient (Wildman–Crippen LogP) is 3.70. The molecule has 0 heterocycles. The van der Waals surface area contributed by atoms with Crippen LogP contribution in [0.2, 0.25) is 0 Å². The molecule has 18 heavy (non-hydrogen) atoms. The molecule has 0 saturated heterocycles. The van der Waals surface area contributed by atoms with E-state index in [0.29, 0.717) is 6.61 Å². The molecule has 108 valence electrons. The van der Waals surface area contributed by atoms with Gasteiger partial charge < -0.3 is 9.84 Å². The van der Waals surface area contributed by atoms with Crippen LogP contribution < -0.4 is 0 Å². The highest BCUT2D eigenvalue weighted by Gasteiger charge is 2.09. The standard InChI is InChI=1S/C14H28O3S/c1-2-3-4-5-6-7-8-9-10-11-12-17-13(15)14(16)18/h14,16,18H,2-12H2,1H3. The van der Waals surface area contributed by atoms with Crippen LogP contribution >= 0.6 is 12.6 Å².